The van der Waals surface area contributed by atoms with Crippen LogP contribution in [0.1, 0.15) is 132 Å². The summed E-state index contributed by atoms with van der Waals surface area (Å²) in [4.78, 5) is 18.2. The van der Waals surface area contributed by atoms with Gasteiger partial charge < -0.3 is 10.0 Å². The molecule has 3 aliphatic heterocycles. The molecule has 6 heteroatoms. The number of hydrogen-bond acceptors (Lipinski definition) is 5. The molecule has 0 fully saturated rings. The van der Waals surface area contributed by atoms with Crippen LogP contribution in [0.25, 0.3) is 26.3 Å². The molecule has 0 spiro atoms. The lowest BCUT2D eigenvalue weighted by Crippen LogP contribution is -2.44. The molecule has 0 bridgehead atoms. The van der Waals surface area contributed by atoms with Gasteiger partial charge in [-0.2, -0.15) is 5.26 Å². The third-order valence-electron chi connectivity index (χ3n) is 12.2. The van der Waals surface area contributed by atoms with Crippen molar-refractivity contribution >= 4 is 51.8 Å². The molecule has 4 nitrogen and oxygen atoms in total. The molecule has 5 aromatic rings. The quantitative estimate of drug-likeness (QED) is 0.147. The molecule has 0 aliphatic carbocycles. The van der Waals surface area contributed by atoms with Gasteiger partial charge in [-0.25, -0.2) is 4.79 Å². The van der Waals surface area contributed by atoms with Crippen molar-refractivity contribution in [2.75, 3.05) is 4.90 Å². The van der Waals surface area contributed by atoms with Crippen LogP contribution in [-0.4, -0.2) is 11.1 Å². The van der Waals surface area contributed by atoms with E-state index in [2.05, 4.69) is 137 Å². The van der Waals surface area contributed by atoms with Crippen molar-refractivity contribution in [3.05, 3.63) is 116 Å². The van der Waals surface area contributed by atoms with Crippen molar-refractivity contribution < 1.29 is 9.90 Å². The number of carbonyl (C=O) groups is 1. The van der Waals surface area contributed by atoms with E-state index in [1.807, 2.05) is 12.1 Å². The first-order valence-corrected chi connectivity index (χ1v) is 20.1. The number of nitriles is 1. The maximum atomic E-state index is 11.5. The lowest BCUT2D eigenvalue weighted by molar-refractivity contribution is -0.132. The Labute approximate surface area is 322 Å². The average Bonchev–Trinajstić information content (AvgIpc) is 3.75. The Hall–Kier alpha value is -4.44. The molecule has 0 unspecified atom stereocenters. The number of rotatable bonds is 4. The van der Waals surface area contributed by atoms with Crippen molar-refractivity contribution in [2.45, 2.75) is 110 Å². The van der Waals surface area contributed by atoms with Crippen LogP contribution >= 0.6 is 22.7 Å². The number of benzene rings is 3. The van der Waals surface area contributed by atoms with Crippen LogP contribution in [0.4, 0.5) is 17.1 Å². The highest BCUT2D eigenvalue weighted by Gasteiger charge is 2.52. The summed E-state index contributed by atoms with van der Waals surface area (Å²) in [5, 5.41) is 18.7. The van der Waals surface area contributed by atoms with Crippen molar-refractivity contribution in [3.8, 4) is 26.3 Å². The molecule has 0 saturated heterocycles. The summed E-state index contributed by atoms with van der Waals surface area (Å²) in [6, 6.07) is 25.1. The molecular formula is C47H48N2O2S2. The lowest BCUT2D eigenvalue weighted by Gasteiger charge is -2.55. The molecule has 5 heterocycles. The van der Waals surface area contributed by atoms with Gasteiger partial charge in [-0.3, -0.25) is 0 Å². The van der Waals surface area contributed by atoms with Crippen LogP contribution in [0.5, 0.6) is 0 Å². The van der Waals surface area contributed by atoms with Gasteiger partial charge in [0, 0.05) is 35.8 Å². The maximum absolute atomic E-state index is 11.5. The van der Waals surface area contributed by atoms with Gasteiger partial charge in [-0.05, 0) is 103 Å². The summed E-state index contributed by atoms with van der Waals surface area (Å²) in [5.74, 6) is -1.21. The summed E-state index contributed by atoms with van der Waals surface area (Å²) >= 11 is 3.27. The van der Waals surface area contributed by atoms with Crippen LogP contribution in [0, 0.1) is 11.3 Å². The zero-order valence-corrected chi connectivity index (χ0v) is 34.6. The minimum Gasteiger partial charge on any atom is -0.477 e. The number of aliphatic carboxylic acids is 1. The Morgan fingerprint density at radius 2 is 1.02 bits per heavy atom. The van der Waals surface area contributed by atoms with E-state index in [0.29, 0.717) is 0 Å². The molecule has 0 atom stereocenters. The van der Waals surface area contributed by atoms with E-state index in [-0.39, 0.29) is 32.6 Å². The van der Waals surface area contributed by atoms with E-state index in [1.165, 1.54) is 89.4 Å². The van der Waals surface area contributed by atoms with Gasteiger partial charge >= 0.3 is 5.97 Å². The summed E-state index contributed by atoms with van der Waals surface area (Å²) in [6.07, 6.45) is 1.45. The third kappa shape index (κ3) is 5.07. The lowest BCUT2D eigenvalue weighted by atomic mass is 9.59. The van der Waals surface area contributed by atoms with Crippen LogP contribution in [-0.2, 0) is 31.9 Å². The fourth-order valence-corrected chi connectivity index (χ4v) is 10.8. The number of hydrogen-bond donors (Lipinski definition) is 1. The molecule has 0 amide bonds. The summed E-state index contributed by atoms with van der Waals surface area (Å²) in [6.45, 7) is 28.6. The van der Waals surface area contributed by atoms with Gasteiger partial charge in [0.2, 0.25) is 0 Å². The van der Waals surface area contributed by atoms with Gasteiger partial charge in [0.05, 0.1) is 17.1 Å². The minimum absolute atomic E-state index is 0.0117. The number of carboxylic acid groups (broad SMARTS) is 1. The van der Waals surface area contributed by atoms with E-state index in [0.717, 1.165) is 14.6 Å². The fourth-order valence-electron chi connectivity index (χ4n) is 8.74. The Morgan fingerprint density at radius 3 is 1.42 bits per heavy atom. The highest BCUT2D eigenvalue weighted by Crippen LogP contribution is 2.67. The zero-order valence-electron chi connectivity index (χ0n) is 32.9. The minimum atomic E-state index is -1.21. The number of anilines is 3. The molecule has 1 N–H and O–H groups in total. The van der Waals surface area contributed by atoms with Gasteiger partial charge in [-0.1, -0.05) is 107 Å². The summed E-state index contributed by atoms with van der Waals surface area (Å²) < 4.78 is 0. The smallest absolute Gasteiger partial charge is 0.346 e. The summed E-state index contributed by atoms with van der Waals surface area (Å²) in [7, 11) is 0. The molecule has 0 radical (unpaired) electrons. The van der Waals surface area contributed by atoms with Crippen molar-refractivity contribution in [1.29, 1.82) is 5.26 Å². The molecule has 3 aliphatic rings. The average molecular weight is 737 g/mol. The second-order valence-corrected chi connectivity index (χ2v) is 21.0. The Morgan fingerprint density at radius 1 is 0.642 bits per heavy atom. The molecule has 3 aromatic carbocycles. The van der Waals surface area contributed by atoms with E-state index < -0.39 is 5.97 Å². The first-order valence-electron chi connectivity index (χ1n) is 18.5. The van der Waals surface area contributed by atoms with Crippen molar-refractivity contribution in [2.24, 2.45) is 0 Å². The fraction of sp³-hybridized carbons (Fsp3) is 0.362. The second kappa shape index (κ2) is 11.1. The third-order valence-corrected chi connectivity index (χ3v) is 14.5. The number of thiophene rings is 2. The van der Waals surface area contributed by atoms with Crippen molar-refractivity contribution in [1.82, 2.24) is 0 Å². The standard InChI is InChI=1S/C47H48N2O2S2/c1-43(2,3)27-20-32-40-34(22-27)47(11,12)35-23-28(44(4,5)6)21-33-41(35)49(40)39-30(45(32,7)8)18-25(19-31(39)46(33,9)10)36-15-16-38(53-36)37-14-13-29(52-37)17-26(24-48)42(50)51/h13-23H,1-12H3,(H,50,51)/b26-17-. The van der Waals surface area contributed by atoms with Crippen LogP contribution in [0.15, 0.2) is 66.2 Å². The zero-order chi connectivity index (χ0) is 38.4. The number of carboxylic acids is 1. The molecule has 270 valence electrons. The topological polar surface area (TPSA) is 64.3 Å². The predicted octanol–water partition coefficient (Wildman–Crippen LogP) is 13.1. The van der Waals surface area contributed by atoms with E-state index in [1.54, 1.807) is 17.4 Å². The largest absolute Gasteiger partial charge is 0.477 e. The van der Waals surface area contributed by atoms with Crippen molar-refractivity contribution in [3.63, 3.8) is 0 Å². The molecule has 2 aromatic heterocycles. The van der Waals surface area contributed by atoms with E-state index in [9.17, 15) is 15.2 Å². The normalized spacial score (nSPS) is 17.3. The SMILES string of the molecule is CC(C)(C)c1cc2c3c(c1)C(C)(C)c1cc(C(C)(C)C)cc4c1N3c1c(cc(-c3ccc(-c5ccc(/C=C(/C#N)C(=O)O)s5)s3)cc1C4(C)C)C2(C)C. The highest BCUT2D eigenvalue weighted by molar-refractivity contribution is 7.24. The highest BCUT2D eigenvalue weighted by atomic mass is 32.1. The van der Waals surface area contributed by atoms with E-state index in [4.69, 9.17) is 0 Å². The molecule has 0 saturated carbocycles. The summed E-state index contributed by atoms with van der Waals surface area (Å²) in [5.41, 5.74) is 15.4. The monoisotopic (exact) mass is 736 g/mol. The second-order valence-electron chi connectivity index (χ2n) is 18.8. The van der Waals surface area contributed by atoms with Gasteiger partial charge in [0.25, 0.3) is 0 Å². The van der Waals surface area contributed by atoms with E-state index >= 15 is 0 Å². The number of nitrogens with zero attached hydrogens (tertiary/aromatic N) is 2. The van der Waals surface area contributed by atoms with Crippen LogP contribution < -0.4 is 4.90 Å². The predicted molar refractivity (Wildman–Crippen MR) is 223 cm³/mol. The molecule has 53 heavy (non-hydrogen) atoms. The first kappa shape index (κ1) is 35.6. The Bertz CT molecular complexity index is 2390. The maximum Gasteiger partial charge on any atom is 0.346 e. The van der Waals surface area contributed by atoms with Gasteiger partial charge in [-0.15, -0.1) is 22.7 Å². The molecule has 8 rings (SSSR count). The Balaban J connectivity index is 1.39. The van der Waals surface area contributed by atoms with Crippen LogP contribution in [0.3, 0.4) is 0 Å². The van der Waals surface area contributed by atoms with Gasteiger partial charge in [0.15, 0.2) is 0 Å². The van der Waals surface area contributed by atoms with Gasteiger partial charge in [0.1, 0.15) is 11.6 Å². The first-order chi connectivity index (χ1) is 24.6. The van der Waals surface area contributed by atoms with Crippen LogP contribution in [0.2, 0.25) is 0 Å². The Kier molecular flexibility index (Phi) is 7.42. The molecular weight excluding hydrogens is 689 g/mol.